The second-order valence-corrected chi connectivity index (χ2v) is 6.04. The van der Waals surface area contributed by atoms with Gasteiger partial charge in [0, 0.05) is 11.6 Å². The Kier molecular flexibility index (Phi) is 4.50. The SMILES string of the molecule is O=C(O)Cn1ccc2ccc(-c3ccc(Cl)c(C(F)(F)F)c3)cc2c1=O. The normalized spacial score (nSPS) is 11.7. The highest BCUT2D eigenvalue weighted by molar-refractivity contribution is 6.31. The van der Waals surface area contributed by atoms with E-state index in [9.17, 15) is 22.8 Å². The third-order valence-electron chi connectivity index (χ3n) is 3.89. The summed E-state index contributed by atoms with van der Waals surface area (Å²) in [4.78, 5) is 23.3. The van der Waals surface area contributed by atoms with Gasteiger partial charge in [0.2, 0.25) is 0 Å². The zero-order valence-corrected chi connectivity index (χ0v) is 13.8. The van der Waals surface area contributed by atoms with Gasteiger partial charge >= 0.3 is 12.1 Å². The third kappa shape index (κ3) is 3.43. The third-order valence-corrected chi connectivity index (χ3v) is 4.22. The molecule has 134 valence electrons. The Morgan fingerprint density at radius 2 is 1.73 bits per heavy atom. The van der Waals surface area contributed by atoms with E-state index in [2.05, 4.69) is 0 Å². The van der Waals surface area contributed by atoms with Crippen molar-refractivity contribution in [1.82, 2.24) is 4.57 Å². The van der Waals surface area contributed by atoms with E-state index in [1.165, 1.54) is 18.3 Å². The molecule has 0 bridgehead atoms. The lowest BCUT2D eigenvalue weighted by atomic mass is 10.00. The van der Waals surface area contributed by atoms with Gasteiger partial charge in [-0.25, -0.2) is 0 Å². The van der Waals surface area contributed by atoms with E-state index < -0.39 is 34.8 Å². The van der Waals surface area contributed by atoms with E-state index in [4.69, 9.17) is 16.7 Å². The van der Waals surface area contributed by atoms with Crippen molar-refractivity contribution in [2.75, 3.05) is 0 Å². The van der Waals surface area contributed by atoms with Crippen molar-refractivity contribution in [1.29, 1.82) is 0 Å². The molecule has 8 heteroatoms. The van der Waals surface area contributed by atoms with Crippen LogP contribution in [0.15, 0.2) is 53.5 Å². The first-order valence-corrected chi connectivity index (χ1v) is 7.77. The standard InChI is InChI=1S/C18H11ClF3NO3/c19-15-4-3-12(8-14(15)18(20,21)22)11-2-1-10-5-6-23(9-16(24)25)17(26)13(10)7-11/h1-8H,9H2,(H,24,25). The van der Waals surface area contributed by atoms with Crippen LogP contribution in [0.2, 0.25) is 5.02 Å². The van der Waals surface area contributed by atoms with Gasteiger partial charge in [0.15, 0.2) is 0 Å². The number of aromatic nitrogens is 1. The molecular formula is C18H11ClF3NO3. The van der Waals surface area contributed by atoms with E-state index in [0.29, 0.717) is 10.9 Å². The molecule has 2 aromatic carbocycles. The number of nitrogens with zero attached hydrogens (tertiary/aromatic N) is 1. The van der Waals surface area contributed by atoms with Gasteiger partial charge in [-0.3, -0.25) is 9.59 Å². The van der Waals surface area contributed by atoms with Crippen molar-refractivity contribution in [3.8, 4) is 11.1 Å². The molecule has 3 aromatic rings. The van der Waals surface area contributed by atoms with Crippen molar-refractivity contribution in [3.63, 3.8) is 0 Å². The van der Waals surface area contributed by atoms with E-state index in [-0.39, 0.29) is 10.9 Å². The van der Waals surface area contributed by atoms with Crippen LogP contribution in [-0.2, 0) is 17.5 Å². The molecule has 0 saturated carbocycles. The molecule has 1 N–H and O–H groups in total. The molecule has 0 atom stereocenters. The fourth-order valence-electron chi connectivity index (χ4n) is 2.65. The number of alkyl halides is 3. The van der Waals surface area contributed by atoms with Gasteiger partial charge in [0.05, 0.1) is 10.6 Å². The summed E-state index contributed by atoms with van der Waals surface area (Å²) in [7, 11) is 0. The molecule has 0 aliphatic carbocycles. The minimum absolute atomic E-state index is 0.217. The molecule has 1 aromatic heterocycles. The number of carboxylic acids is 1. The molecule has 0 unspecified atom stereocenters. The van der Waals surface area contributed by atoms with Gasteiger partial charge in [-0.1, -0.05) is 29.8 Å². The van der Waals surface area contributed by atoms with Crippen LogP contribution < -0.4 is 5.56 Å². The predicted molar refractivity (Wildman–Crippen MR) is 91.3 cm³/mol. The number of benzene rings is 2. The topological polar surface area (TPSA) is 59.3 Å². The first kappa shape index (κ1) is 18.0. The zero-order valence-electron chi connectivity index (χ0n) is 13.0. The van der Waals surface area contributed by atoms with Gasteiger partial charge in [-0.2, -0.15) is 13.2 Å². The summed E-state index contributed by atoms with van der Waals surface area (Å²) in [5, 5.41) is 9.22. The number of hydrogen-bond donors (Lipinski definition) is 1. The Morgan fingerprint density at radius 1 is 1.08 bits per heavy atom. The van der Waals surface area contributed by atoms with E-state index in [0.717, 1.165) is 16.7 Å². The van der Waals surface area contributed by atoms with E-state index in [1.807, 2.05) is 0 Å². The minimum atomic E-state index is -4.60. The molecule has 3 rings (SSSR count). The maximum absolute atomic E-state index is 13.0. The lowest BCUT2D eigenvalue weighted by Crippen LogP contribution is -2.23. The van der Waals surface area contributed by atoms with Crippen LogP contribution in [0.5, 0.6) is 0 Å². The Hall–Kier alpha value is -2.80. The number of aliphatic carboxylic acids is 1. The van der Waals surface area contributed by atoms with Crippen LogP contribution in [0.25, 0.3) is 21.9 Å². The number of halogens is 4. The van der Waals surface area contributed by atoms with Crippen LogP contribution >= 0.6 is 11.6 Å². The fraction of sp³-hybridized carbons (Fsp3) is 0.111. The van der Waals surface area contributed by atoms with E-state index >= 15 is 0 Å². The Balaban J connectivity index is 2.16. The average molecular weight is 382 g/mol. The number of rotatable bonds is 3. The number of hydrogen-bond acceptors (Lipinski definition) is 2. The van der Waals surface area contributed by atoms with Crippen LogP contribution in [0, 0.1) is 0 Å². The summed E-state index contributed by atoms with van der Waals surface area (Å²) >= 11 is 5.63. The quantitative estimate of drug-likeness (QED) is 0.730. The summed E-state index contributed by atoms with van der Waals surface area (Å²) in [6.07, 6.45) is -3.24. The lowest BCUT2D eigenvalue weighted by Gasteiger charge is -2.12. The maximum Gasteiger partial charge on any atom is 0.417 e. The van der Waals surface area contributed by atoms with Crippen molar-refractivity contribution >= 4 is 28.3 Å². The lowest BCUT2D eigenvalue weighted by molar-refractivity contribution is -0.138. The number of pyridine rings is 1. The highest BCUT2D eigenvalue weighted by Crippen LogP contribution is 2.37. The molecule has 0 fully saturated rings. The minimum Gasteiger partial charge on any atom is -0.480 e. The molecule has 0 spiro atoms. The highest BCUT2D eigenvalue weighted by atomic mass is 35.5. The van der Waals surface area contributed by atoms with Crippen molar-refractivity contribution < 1.29 is 23.1 Å². The van der Waals surface area contributed by atoms with Crippen LogP contribution in [0.4, 0.5) is 13.2 Å². The number of carbonyl (C=O) groups is 1. The molecule has 0 radical (unpaired) electrons. The second-order valence-electron chi connectivity index (χ2n) is 5.64. The van der Waals surface area contributed by atoms with Gasteiger partial charge < -0.3 is 9.67 Å². The molecule has 26 heavy (non-hydrogen) atoms. The second kappa shape index (κ2) is 6.49. The van der Waals surface area contributed by atoms with Crippen LogP contribution in [0.3, 0.4) is 0 Å². The maximum atomic E-state index is 13.0. The zero-order chi connectivity index (χ0) is 19.1. The van der Waals surface area contributed by atoms with Gasteiger partial charge in [0.25, 0.3) is 5.56 Å². The average Bonchev–Trinajstić information content (AvgIpc) is 2.56. The number of carboxylic acid groups (broad SMARTS) is 1. The predicted octanol–water partition coefficient (Wildman–Crippen LogP) is 4.43. The first-order valence-electron chi connectivity index (χ1n) is 7.39. The van der Waals surface area contributed by atoms with Crippen LogP contribution in [0.1, 0.15) is 5.56 Å². The Bertz CT molecular complexity index is 1070. The molecule has 0 amide bonds. The van der Waals surface area contributed by atoms with Crippen molar-refractivity contribution in [3.05, 3.63) is 69.6 Å². The molecule has 0 saturated heterocycles. The summed E-state index contributed by atoms with van der Waals surface area (Å²) in [5.41, 5.74) is -0.855. The summed E-state index contributed by atoms with van der Waals surface area (Å²) in [6, 6.07) is 9.70. The summed E-state index contributed by atoms with van der Waals surface area (Å²) < 4.78 is 40.2. The van der Waals surface area contributed by atoms with Crippen molar-refractivity contribution in [2.24, 2.45) is 0 Å². The fourth-order valence-corrected chi connectivity index (χ4v) is 2.88. The molecule has 0 aliphatic heterocycles. The van der Waals surface area contributed by atoms with Gasteiger partial charge in [0.1, 0.15) is 6.54 Å². The van der Waals surface area contributed by atoms with Gasteiger partial charge in [-0.15, -0.1) is 0 Å². The van der Waals surface area contributed by atoms with Crippen molar-refractivity contribution in [2.45, 2.75) is 12.7 Å². The molecule has 0 aliphatic rings. The molecular weight excluding hydrogens is 371 g/mol. The Labute approximate surface area is 150 Å². The summed E-state index contributed by atoms with van der Waals surface area (Å²) in [5.74, 6) is -1.17. The monoisotopic (exact) mass is 381 g/mol. The molecule has 1 heterocycles. The molecule has 4 nitrogen and oxygen atoms in total. The number of fused-ring (bicyclic) bond motifs is 1. The highest BCUT2D eigenvalue weighted by Gasteiger charge is 2.33. The Morgan fingerprint density at radius 3 is 2.38 bits per heavy atom. The largest absolute Gasteiger partial charge is 0.480 e. The van der Waals surface area contributed by atoms with Crippen LogP contribution in [-0.4, -0.2) is 15.6 Å². The first-order chi connectivity index (χ1) is 12.2. The summed E-state index contributed by atoms with van der Waals surface area (Å²) in [6.45, 7) is -0.502. The smallest absolute Gasteiger partial charge is 0.417 e. The van der Waals surface area contributed by atoms with Gasteiger partial charge in [-0.05, 0) is 40.8 Å². The van der Waals surface area contributed by atoms with E-state index in [1.54, 1.807) is 18.2 Å².